The van der Waals surface area contributed by atoms with Crippen molar-refractivity contribution in [2.75, 3.05) is 12.5 Å². The van der Waals surface area contributed by atoms with Crippen LogP contribution in [-0.2, 0) is 15.7 Å². The maximum absolute atomic E-state index is 11.4. The fraction of sp³-hybridized carbons (Fsp3) is 0.364. The van der Waals surface area contributed by atoms with E-state index in [1.54, 1.807) is 6.92 Å². The highest BCUT2D eigenvalue weighted by molar-refractivity contribution is 7.96. The Kier molecular flexibility index (Phi) is 3.55. The van der Waals surface area contributed by atoms with Crippen LogP contribution in [0.1, 0.15) is 17.7 Å². The third-order valence-corrected chi connectivity index (χ3v) is 3.49. The molecule has 2 heteroatoms. The van der Waals surface area contributed by atoms with Crippen molar-refractivity contribution in [3.63, 3.8) is 0 Å². The Labute approximate surface area is 82.5 Å². The molecule has 1 unspecified atom stereocenters. The molecule has 0 N–H and O–H groups in total. The molecular formula is C11H15OS+. The number of ketones is 1. The number of Topliss-reactive ketones (excluding diaryl/α,β-unsaturated/α-hetero) is 1. The molecule has 1 aromatic carbocycles. The van der Waals surface area contributed by atoms with Gasteiger partial charge < -0.3 is 0 Å². The van der Waals surface area contributed by atoms with E-state index in [2.05, 4.69) is 12.5 Å². The van der Waals surface area contributed by atoms with E-state index in [0.29, 0.717) is 0 Å². The summed E-state index contributed by atoms with van der Waals surface area (Å²) in [5.74, 6) is 0.263. The lowest BCUT2D eigenvalue weighted by Gasteiger charge is -2.10. The van der Waals surface area contributed by atoms with Crippen molar-refractivity contribution in [3.05, 3.63) is 35.9 Å². The molecule has 0 heterocycles. The molecule has 0 aliphatic rings. The number of rotatable bonds is 3. The first-order chi connectivity index (χ1) is 6.13. The van der Waals surface area contributed by atoms with E-state index in [9.17, 15) is 4.79 Å². The summed E-state index contributed by atoms with van der Waals surface area (Å²) in [4.78, 5) is 11.4. The monoisotopic (exact) mass is 195 g/mol. The quantitative estimate of drug-likeness (QED) is 0.676. The standard InChI is InChI=1S/C11H15OS/c1-9(12)11(13(2)3)10-7-5-4-6-8-10/h4-8,11H,1-3H3/q+1. The van der Waals surface area contributed by atoms with Crippen LogP contribution in [0.3, 0.4) is 0 Å². The lowest BCUT2D eigenvalue weighted by molar-refractivity contribution is -0.116. The Hall–Kier alpha value is -0.760. The third-order valence-electron chi connectivity index (χ3n) is 1.94. The second-order valence-electron chi connectivity index (χ2n) is 3.28. The molecule has 1 nitrogen and oxygen atoms in total. The van der Waals surface area contributed by atoms with E-state index in [1.165, 1.54) is 0 Å². The van der Waals surface area contributed by atoms with E-state index in [0.717, 1.165) is 5.56 Å². The van der Waals surface area contributed by atoms with Crippen molar-refractivity contribution in [2.45, 2.75) is 12.2 Å². The molecule has 0 radical (unpaired) electrons. The first-order valence-electron chi connectivity index (χ1n) is 4.24. The van der Waals surface area contributed by atoms with Gasteiger partial charge in [0.2, 0.25) is 0 Å². The first-order valence-corrected chi connectivity index (χ1v) is 6.35. The summed E-state index contributed by atoms with van der Waals surface area (Å²) in [6, 6.07) is 10.00. The second kappa shape index (κ2) is 4.47. The molecule has 0 aliphatic carbocycles. The van der Waals surface area contributed by atoms with Crippen molar-refractivity contribution in [1.29, 1.82) is 0 Å². The Bertz CT molecular complexity index is 279. The smallest absolute Gasteiger partial charge is 0.200 e. The molecular weight excluding hydrogens is 180 g/mol. The highest BCUT2D eigenvalue weighted by atomic mass is 32.2. The van der Waals surface area contributed by atoms with Crippen LogP contribution in [-0.4, -0.2) is 18.3 Å². The average Bonchev–Trinajstić information content (AvgIpc) is 2.04. The van der Waals surface area contributed by atoms with Gasteiger partial charge in [-0.05, 0) is 10.9 Å². The molecule has 0 fully saturated rings. The van der Waals surface area contributed by atoms with Crippen molar-refractivity contribution < 1.29 is 4.79 Å². The summed E-state index contributed by atoms with van der Waals surface area (Å²) in [6.45, 7) is 1.67. The maximum atomic E-state index is 11.4. The maximum Gasteiger partial charge on any atom is 0.200 e. The molecule has 1 aromatic rings. The zero-order valence-corrected chi connectivity index (χ0v) is 9.10. The van der Waals surface area contributed by atoms with Gasteiger partial charge in [-0.1, -0.05) is 30.3 Å². The predicted octanol–water partition coefficient (Wildman–Crippen LogP) is 2.19. The summed E-state index contributed by atoms with van der Waals surface area (Å²) < 4.78 is 0. The Morgan fingerprint density at radius 1 is 1.23 bits per heavy atom. The van der Waals surface area contributed by atoms with Crippen LogP contribution in [0, 0.1) is 0 Å². The van der Waals surface area contributed by atoms with Crippen molar-refractivity contribution >= 4 is 16.7 Å². The van der Waals surface area contributed by atoms with E-state index < -0.39 is 0 Å². The van der Waals surface area contributed by atoms with Crippen molar-refractivity contribution in [2.24, 2.45) is 0 Å². The fourth-order valence-corrected chi connectivity index (χ4v) is 2.83. The van der Waals surface area contributed by atoms with Gasteiger partial charge in [0.15, 0.2) is 11.0 Å². The van der Waals surface area contributed by atoms with Gasteiger partial charge in [-0.2, -0.15) is 0 Å². The van der Waals surface area contributed by atoms with Crippen LogP contribution in [0.5, 0.6) is 0 Å². The molecule has 0 amide bonds. The topological polar surface area (TPSA) is 17.1 Å². The summed E-state index contributed by atoms with van der Waals surface area (Å²) in [5, 5.41) is 0.0844. The Morgan fingerprint density at radius 3 is 2.15 bits per heavy atom. The molecule has 0 aliphatic heterocycles. The summed E-state index contributed by atoms with van der Waals surface area (Å²) in [7, 11) is 0.116. The minimum atomic E-state index is 0.0844. The molecule has 0 bridgehead atoms. The van der Waals surface area contributed by atoms with Crippen LogP contribution in [0.2, 0.25) is 0 Å². The van der Waals surface area contributed by atoms with Gasteiger partial charge in [0, 0.05) is 12.5 Å². The number of carbonyl (C=O) groups is 1. The zero-order valence-electron chi connectivity index (χ0n) is 8.28. The normalized spacial score (nSPS) is 12.9. The number of hydrogen-bond donors (Lipinski definition) is 0. The van der Waals surface area contributed by atoms with E-state index in [-0.39, 0.29) is 21.9 Å². The molecule has 70 valence electrons. The van der Waals surface area contributed by atoms with Gasteiger partial charge in [0.25, 0.3) is 0 Å². The van der Waals surface area contributed by atoms with Crippen molar-refractivity contribution in [1.82, 2.24) is 0 Å². The zero-order chi connectivity index (χ0) is 9.84. The van der Waals surface area contributed by atoms with E-state index in [1.807, 2.05) is 30.3 Å². The lowest BCUT2D eigenvalue weighted by Crippen LogP contribution is -2.17. The Morgan fingerprint density at radius 2 is 1.77 bits per heavy atom. The van der Waals surface area contributed by atoms with Gasteiger partial charge in [-0.15, -0.1) is 0 Å². The molecule has 0 saturated carbocycles. The second-order valence-corrected chi connectivity index (χ2v) is 5.51. The summed E-state index contributed by atoms with van der Waals surface area (Å²) in [6.07, 6.45) is 4.22. The van der Waals surface area contributed by atoms with Crippen LogP contribution < -0.4 is 0 Å². The van der Waals surface area contributed by atoms with Crippen molar-refractivity contribution in [3.8, 4) is 0 Å². The van der Waals surface area contributed by atoms with Gasteiger partial charge in [-0.25, -0.2) is 0 Å². The highest BCUT2D eigenvalue weighted by Gasteiger charge is 2.27. The molecule has 1 atom stereocenters. The Balaban J connectivity index is 2.96. The summed E-state index contributed by atoms with van der Waals surface area (Å²) >= 11 is 0. The SMILES string of the molecule is CC(=O)C(c1ccccc1)[S+](C)C. The minimum Gasteiger partial charge on any atom is -0.294 e. The third kappa shape index (κ3) is 2.59. The van der Waals surface area contributed by atoms with Gasteiger partial charge >= 0.3 is 0 Å². The van der Waals surface area contributed by atoms with Crippen LogP contribution in [0.25, 0.3) is 0 Å². The predicted molar refractivity (Wildman–Crippen MR) is 59.1 cm³/mol. The van der Waals surface area contributed by atoms with Gasteiger partial charge in [0.1, 0.15) is 0 Å². The molecule has 0 aromatic heterocycles. The van der Waals surface area contributed by atoms with E-state index >= 15 is 0 Å². The van der Waals surface area contributed by atoms with Crippen LogP contribution in [0.15, 0.2) is 30.3 Å². The average molecular weight is 195 g/mol. The van der Waals surface area contributed by atoms with Gasteiger partial charge in [-0.3, -0.25) is 4.79 Å². The minimum absolute atomic E-state index is 0.0844. The summed E-state index contributed by atoms with van der Waals surface area (Å²) in [5.41, 5.74) is 1.14. The highest BCUT2D eigenvalue weighted by Crippen LogP contribution is 2.22. The van der Waals surface area contributed by atoms with Gasteiger partial charge in [0.05, 0.1) is 12.5 Å². The molecule has 1 rings (SSSR count). The van der Waals surface area contributed by atoms with Crippen LogP contribution in [0.4, 0.5) is 0 Å². The number of carbonyl (C=O) groups excluding carboxylic acids is 1. The molecule has 0 spiro atoms. The lowest BCUT2D eigenvalue weighted by atomic mass is 10.1. The molecule has 0 saturated heterocycles. The van der Waals surface area contributed by atoms with Crippen LogP contribution >= 0.6 is 0 Å². The molecule has 13 heavy (non-hydrogen) atoms. The fourth-order valence-electron chi connectivity index (χ4n) is 1.47. The van der Waals surface area contributed by atoms with E-state index in [4.69, 9.17) is 0 Å². The number of benzene rings is 1. The first kappa shape index (κ1) is 10.3. The number of hydrogen-bond acceptors (Lipinski definition) is 1. The largest absolute Gasteiger partial charge is 0.294 e.